The lowest BCUT2D eigenvalue weighted by atomic mass is 10.00. The third kappa shape index (κ3) is 1.41. The van der Waals surface area contributed by atoms with Crippen LogP contribution in [0.3, 0.4) is 0 Å². The Morgan fingerprint density at radius 2 is 2.29 bits per heavy atom. The van der Waals surface area contributed by atoms with Crippen molar-refractivity contribution in [3.8, 4) is 5.75 Å². The Hall–Kier alpha value is -1.31. The van der Waals surface area contributed by atoms with Crippen LogP contribution in [0.15, 0.2) is 12.1 Å². The molecule has 0 spiro atoms. The number of rotatable bonds is 2. The number of fused-ring (bicyclic) bond motifs is 1. The lowest BCUT2D eigenvalue weighted by molar-refractivity contribution is 0.101. The van der Waals surface area contributed by atoms with E-state index < -0.39 is 0 Å². The Morgan fingerprint density at radius 1 is 1.50 bits per heavy atom. The predicted octanol–water partition coefficient (Wildman–Crippen LogP) is 2.39. The largest absolute Gasteiger partial charge is 0.492 e. The third-order valence-corrected chi connectivity index (χ3v) is 2.63. The number of hydrogen-bond donors (Lipinski definition) is 0. The van der Waals surface area contributed by atoms with E-state index in [1.165, 1.54) is 11.1 Å². The molecule has 0 aliphatic carbocycles. The van der Waals surface area contributed by atoms with E-state index in [4.69, 9.17) is 4.74 Å². The second-order valence-corrected chi connectivity index (χ2v) is 3.64. The fourth-order valence-electron chi connectivity index (χ4n) is 1.84. The molecule has 1 heterocycles. The van der Waals surface area contributed by atoms with Crippen molar-refractivity contribution < 1.29 is 9.53 Å². The zero-order valence-corrected chi connectivity index (χ0v) is 8.59. The second-order valence-electron chi connectivity index (χ2n) is 3.64. The quantitative estimate of drug-likeness (QED) is 0.669. The molecule has 0 aromatic heterocycles. The summed E-state index contributed by atoms with van der Waals surface area (Å²) < 4.78 is 5.47. The lowest BCUT2D eigenvalue weighted by Crippen LogP contribution is -1.98. The molecule has 1 aliphatic rings. The van der Waals surface area contributed by atoms with Gasteiger partial charge in [0, 0.05) is 6.42 Å². The van der Waals surface area contributed by atoms with E-state index in [0.717, 1.165) is 24.2 Å². The summed E-state index contributed by atoms with van der Waals surface area (Å²) in [6.45, 7) is 4.40. The monoisotopic (exact) mass is 190 g/mol. The molecule has 0 bridgehead atoms. The van der Waals surface area contributed by atoms with Gasteiger partial charge in [-0.3, -0.25) is 4.79 Å². The molecule has 2 nitrogen and oxygen atoms in total. The first-order valence-corrected chi connectivity index (χ1v) is 5.02. The number of carbonyl (C=O) groups is 1. The Labute approximate surface area is 83.9 Å². The van der Waals surface area contributed by atoms with Gasteiger partial charge in [-0.2, -0.15) is 0 Å². The SMILES string of the molecule is CCc1cc2c(c(C(C)=O)c1)OCC2. The van der Waals surface area contributed by atoms with Gasteiger partial charge in [-0.05, 0) is 30.5 Å². The Balaban J connectivity index is 2.57. The molecule has 1 aromatic rings. The zero-order valence-electron chi connectivity index (χ0n) is 8.59. The van der Waals surface area contributed by atoms with Crippen LogP contribution in [0.5, 0.6) is 5.75 Å². The van der Waals surface area contributed by atoms with E-state index in [9.17, 15) is 4.79 Å². The first-order chi connectivity index (χ1) is 6.72. The lowest BCUT2D eigenvalue weighted by Gasteiger charge is -2.07. The van der Waals surface area contributed by atoms with Crippen molar-refractivity contribution >= 4 is 5.78 Å². The summed E-state index contributed by atoms with van der Waals surface area (Å²) in [5.41, 5.74) is 3.16. The van der Waals surface area contributed by atoms with Crippen LogP contribution in [0.25, 0.3) is 0 Å². The molecule has 2 heteroatoms. The predicted molar refractivity (Wildman–Crippen MR) is 55.0 cm³/mol. The van der Waals surface area contributed by atoms with E-state index in [0.29, 0.717) is 6.61 Å². The molecule has 0 unspecified atom stereocenters. The van der Waals surface area contributed by atoms with Crippen molar-refractivity contribution in [3.05, 3.63) is 28.8 Å². The highest BCUT2D eigenvalue weighted by Crippen LogP contribution is 2.31. The molecule has 0 atom stereocenters. The molecule has 0 fully saturated rings. The van der Waals surface area contributed by atoms with E-state index in [1.807, 2.05) is 6.07 Å². The van der Waals surface area contributed by atoms with Gasteiger partial charge in [-0.25, -0.2) is 0 Å². The van der Waals surface area contributed by atoms with E-state index in [1.54, 1.807) is 6.92 Å². The Kier molecular flexibility index (Phi) is 2.28. The van der Waals surface area contributed by atoms with Gasteiger partial charge >= 0.3 is 0 Å². The number of carbonyl (C=O) groups excluding carboxylic acids is 1. The highest BCUT2D eigenvalue weighted by molar-refractivity contribution is 5.97. The normalized spacial score (nSPS) is 13.6. The molecule has 0 radical (unpaired) electrons. The molecule has 0 saturated carbocycles. The number of benzene rings is 1. The maximum Gasteiger partial charge on any atom is 0.163 e. The summed E-state index contributed by atoms with van der Waals surface area (Å²) in [4.78, 5) is 11.4. The maximum atomic E-state index is 11.4. The molecule has 0 N–H and O–H groups in total. The number of ether oxygens (including phenoxy) is 1. The molecule has 0 amide bonds. The summed E-state index contributed by atoms with van der Waals surface area (Å²) >= 11 is 0. The minimum absolute atomic E-state index is 0.0958. The smallest absolute Gasteiger partial charge is 0.163 e. The fourth-order valence-corrected chi connectivity index (χ4v) is 1.84. The van der Waals surface area contributed by atoms with Gasteiger partial charge in [-0.15, -0.1) is 0 Å². The zero-order chi connectivity index (χ0) is 10.1. The molecule has 2 rings (SSSR count). The molecule has 1 aromatic carbocycles. The molecule has 1 aliphatic heterocycles. The highest BCUT2D eigenvalue weighted by atomic mass is 16.5. The van der Waals surface area contributed by atoms with Gasteiger partial charge in [0.05, 0.1) is 12.2 Å². The number of Topliss-reactive ketones (excluding diaryl/α,β-unsaturated/α-hetero) is 1. The van der Waals surface area contributed by atoms with Gasteiger partial charge in [0.1, 0.15) is 5.75 Å². The fraction of sp³-hybridized carbons (Fsp3) is 0.417. The molecular weight excluding hydrogens is 176 g/mol. The highest BCUT2D eigenvalue weighted by Gasteiger charge is 2.19. The van der Waals surface area contributed by atoms with E-state index in [2.05, 4.69) is 13.0 Å². The van der Waals surface area contributed by atoms with Gasteiger partial charge < -0.3 is 4.74 Å². The standard InChI is InChI=1S/C12H14O2/c1-3-9-6-10-4-5-14-12(10)11(7-9)8(2)13/h6-7H,3-5H2,1-2H3. The molecular formula is C12H14O2. The first kappa shape index (κ1) is 9.25. The number of ketones is 1. The topological polar surface area (TPSA) is 26.3 Å². The first-order valence-electron chi connectivity index (χ1n) is 5.02. The van der Waals surface area contributed by atoms with Gasteiger partial charge in [-0.1, -0.05) is 13.0 Å². The van der Waals surface area contributed by atoms with Crippen LogP contribution < -0.4 is 4.74 Å². The Morgan fingerprint density at radius 3 is 2.93 bits per heavy atom. The van der Waals surface area contributed by atoms with Crippen LogP contribution in [0.1, 0.15) is 35.3 Å². The number of aryl methyl sites for hydroxylation is 1. The average Bonchev–Trinajstić information content (AvgIpc) is 2.63. The van der Waals surface area contributed by atoms with Crippen LogP contribution in [-0.2, 0) is 12.8 Å². The van der Waals surface area contributed by atoms with Gasteiger partial charge in [0.2, 0.25) is 0 Å². The summed E-state index contributed by atoms with van der Waals surface area (Å²) in [7, 11) is 0. The third-order valence-electron chi connectivity index (χ3n) is 2.63. The second kappa shape index (κ2) is 3.45. The number of hydrogen-bond acceptors (Lipinski definition) is 2. The summed E-state index contributed by atoms with van der Waals surface area (Å²) in [5.74, 6) is 0.910. The van der Waals surface area contributed by atoms with Crippen molar-refractivity contribution in [1.29, 1.82) is 0 Å². The Bertz CT molecular complexity index is 380. The van der Waals surface area contributed by atoms with E-state index in [-0.39, 0.29) is 5.78 Å². The van der Waals surface area contributed by atoms with Gasteiger partial charge in [0.15, 0.2) is 5.78 Å². The van der Waals surface area contributed by atoms with Crippen molar-refractivity contribution in [2.24, 2.45) is 0 Å². The summed E-state index contributed by atoms with van der Waals surface area (Å²) in [6.07, 6.45) is 1.90. The van der Waals surface area contributed by atoms with Gasteiger partial charge in [0.25, 0.3) is 0 Å². The molecule has 74 valence electrons. The summed E-state index contributed by atoms with van der Waals surface area (Å²) in [6, 6.07) is 4.10. The van der Waals surface area contributed by atoms with Crippen molar-refractivity contribution in [2.45, 2.75) is 26.7 Å². The van der Waals surface area contributed by atoms with Crippen molar-refractivity contribution in [2.75, 3.05) is 6.61 Å². The summed E-state index contributed by atoms with van der Waals surface area (Å²) in [5, 5.41) is 0. The van der Waals surface area contributed by atoms with Crippen LogP contribution in [-0.4, -0.2) is 12.4 Å². The minimum atomic E-state index is 0.0958. The van der Waals surface area contributed by atoms with E-state index >= 15 is 0 Å². The van der Waals surface area contributed by atoms with Crippen molar-refractivity contribution in [1.82, 2.24) is 0 Å². The minimum Gasteiger partial charge on any atom is -0.492 e. The van der Waals surface area contributed by atoms with Crippen LogP contribution >= 0.6 is 0 Å². The van der Waals surface area contributed by atoms with Crippen LogP contribution in [0.2, 0.25) is 0 Å². The average molecular weight is 190 g/mol. The maximum absolute atomic E-state index is 11.4. The van der Waals surface area contributed by atoms with Crippen LogP contribution in [0, 0.1) is 0 Å². The molecule has 0 saturated heterocycles. The molecule has 14 heavy (non-hydrogen) atoms. The van der Waals surface area contributed by atoms with Crippen LogP contribution in [0.4, 0.5) is 0 Å². The van der Waals surface area contributed by atoms with Crippen molar-refractivity contribution in [3.63, 3.8) is 0 Å².